The van der Waals surface area contributed by atoms with Crippen molar-refractivity contribution in [3.05, 3.63) is 0 Å². The summed E-state index contributed by atoms with van der Waals surface area (Å²) in [6.07, 6.45) is 3.90. The molecule has 0 rings (SSSR count). The van der Waals surface area contributed by atoms with Crippen LogP contribution in [0.1, 0.15) is 40.0 Å². The molecule has 1 heteroatoms. The first-order chi connectivity index (χ1) is 4.18. The molecule has 1 unspecified atom stereocenters. The Morgan fingerprint density at radius 2 is 1.89 bits per heavy atom. The summed E-state index contributed by atoms with van der Waals surface area (Å²) < 4.78 is 0. The van der Waals surface area contributed by atoms with Crippen molar-refractivity contribution in [2.45, 2.75) is 46.1 Å². The Morgan fingerprint density at radius 1 is 1.33 bits per heavy atom. The highest BCUT2D eigenvalue weighted by molar-refractivity contribution is 4.62. The molecular formula is C8H19N. The molecular weight excluding hydrogens is 110 g/mol. The lowest BCUT2D eigenvalue weighted by atomic mass is 9.98. The van der Waals surface area contributed by atoms with E-state index < -0.39 is 0 Å². The van der Waals surface area contributed by atoms with E-state index in [0.29, 0.717) is 12.0 Å². The van der Waals surface area contributed by atoms with Crippen LogP contribution in [0, 0.1) is 5.92 Å². The molecule has 1 nitrogen and oxygen atoms in total. The number of nitrogens with two attached hydrogens (primary N) is 1. The molecule has 0 radical (unpaired) electrons. The summed E-state index contributed by atoms with van der Waals surface area (Å²) in [4.78, 5) is 0. The maximum absolute atomic E-state index is 5.68. The summed E-state index contributed by atoms with van der Waals surface area (Å²) in [5, 5.41) is 0. The summed E-state index contributed by atoms with van der Waals surface area (Å²) in [6.45, 7) is 6.52. The third kappa shape index (κ3) is 4.46. The van der Waals surface area contributed by atoms with E-state index in [9.17, 15) is 0 Å². The van der Waals surface area contributed by atoms with E-state index in [1.807, 2.05) is 0 Å². The van der Waals surface area contributed by atoms with Crippen LogP contribution in [0.5, 0.6) is 0 Å². The van der Waals surface area contributed by atoms with E-state index in [1.165, 1.54) is 19.3 Å². The minimum Gasteiger partial charge on any atom is -0.328 e. The van der Waals surface area contributed by atoms with Crippen molar-refractivity contribution in [2.75, 3.05) is 0 Å². The summed E-state index contributed by atoms with van der Waals surface area (Å²) in [7, 11) is 0. The number of hydrogen-bond acceptors (Lipinski definition) is 1. The first kappa shape index (κ1) is 8.96. The van der Waals surface area contributed by atoms with Gasteiger partial charge >= 0.3 is 0 Å². The molecule has 0 saturated heterocycles. The summed E-state index contributed by atoms with van der Waals surface area (Å²) >= 11 is 0. The Balaban J connectivity index is 3.16. The maximum atomic E-state index is 5.68. The van der Waals surface area contributed by atoms with Gasteiger partial charge in [0.05, 0.1) is 0 Å². The van der Waals surface area contributed by atoms with Crippen molar-refractivity contribution >= 4 is 0 Å². The molecule has 0 bridgehead atoms. The van der Waals surface area contributed by atoms with Crippen LogP contribution in [-0.4, -0.2) is 6.04 Å². The maximum Gasteiger partial charge on any atom is 0.00361 e. The molecule has 0 aromatic heterocycles. The second-order valence-corrected chi connectivity index (χ2v) is 2.98. The van der Waals surface area contributed by atoms with Crippen molar-refractivity contribution in [1.82, 2.24) is 0 Å². The fourth-order valence-corrected chi connectivity index (χ4v) is 0.789. The lowest BCUT2D eigenvalue weighted by Crippen LogP contribution is -2.23. The van der Waals surface area contributed by atoms with Gasteiger partial charge in [0.25, 0.3) is 0 Å². The zero-order valence-electron chi connectivity index (χ0n) is 6.85. The van der Waals surface area contributed by atoms with Gasteiger partial charge in [-0.3, -0.25) is 0 Å². The fourth-order valence-electron chi connectivity index (χ4n) is 0.789. The fraction of sp³-hybridized carbons (Fsp3) is 1.00. The van der Waals surface area contributed by atoms with E-state index in [0.717, 1.165) is 0 Å². The molecule has 0 aromatic carbocycles. The smallest absolute Gasteiger partial charge is 0.00361 e. The van der Waals surface area contributed by atoms with Crippen molar-refractivity contribution in [3.8, 4) is 0 Å². The summed E-state index contributed by atoms with van der Waals surface area (Å²) in [5.74, 6) is 0.699. The van der Waals surface area contributed by atoms with Gasteiger partial charge in [0, 0.05) is 6.04 Å². The first-order valence-electron chi connectivity index (χ1n) is 3.94. The third-order valence-electron chi connectivity index (χ3n) is 1.91. The van der Waals surface area contributed by atoms with Gasteiger partial charge in [-0.1, -0.05) is 26.7 Å². The lowest BCUT2D eigenvalue weighted by molar-refractivity contribution is 0.435. The van der Waals surface area contributed by atoms with E-state index in [1.54, 1.807) is 0 Å². The van der Waals surface area contributed by atoms with Crippen molar-refractivity contribution in [3.63, 3.8) is 0 Å². The van der Waals surface area contributed by atoms with Gasteiger partial charge in [-0.05, 0) is 19.3 Å². The molecule has 0 heterocycles. The molecule has 2 N–H and O–H groups in total. The number of hydrogen-bond donors (Lipinski definition) is 1. The van der Waals surface area contributed by atoms with Crippen LogP contribution in [-0.2, 0) is 0 Å². The van der Waals surface area contributed by atoms with E-state index >= 15 is 0 Å². The van der Waals surface area contributed by atoms with Gasteiger partial charge in [0.15, 0.2) is 0 Å². The van der Waals surface area contributed by atoms with Crippen LogP contribution >= 0.6 is 0 Å². The molecule has 0 saturated carbocycles. The Labute approximate surface area is 58.6 Å². The third-order valence-corrected chi connectivity index (χ3v) is 1.91. The van der Waals surface area contributed by atoms with Crippen molar-refractivity contribution < 1.29 is 0 Å². The minimum absolute atomic E-state index is 0.372. The highest BCUT2D eigenvalue weighted by atomic mass is 14.6. The number of rotatable bonds is 4. The van der Waals surface area contributed by atoms with Crippen LogP contribution < -0.4 is 5.73 Å². The molecule has 0 aromatic rings. The lowest BCUT2D eigenvalue weighted by Gasteiger charge is -2.13. The molecule has 0 fully saturated rings. The molecule has 0 aliphatic carbocycles. The summed E-state index contributed by atoms with van der Waals surface area (Å²) in [6, 6.07) is 0.372. The Morgan fingerprint density at radius 3 is 2.22 bits per heavy atom. The first-order valence-corrected chi connectivity index (χ1v) is 3.94. The highest BCUT2D eigenvalue weighted by Gasteiger charge is 2.04. The minimum atomic E-state index is 0.372. The second kappa shape index (κ2) is 4.80. The van der Waals surface area contributed by atoms with Crippen LogP contribution in [0.15, 0.2) is 0 Å². The highest BCUT2D eigenvalue weighted by Crippen LogP contribution is 2.09. The van der Waals surface area contributed by atoms with E-state index in [4.69, 9.17) is 5.73 Å². The quantitative estimate of drug-likeness (QED) is 0.618. The SMILES string of the molecule is CCCC[C@@H](C)C(C)N. The normalized spacial score (nSPS) is 17.3. The molecule has 9 heavy (non-hydrogen) atoms. The predicted octanol–water partition coefficient (Wildman–Crippen LogP) is 2.16. The van der Waals surface area contributed by atoms with Gasteiger partial charge in [0.1, 0.15) is 0 Å². The van der Waals surface area contributed by atoms with Crippen LogP contribution in [0.3, 0.4) is 0 Å². The largest absolute Gasteiger partial charge is 0.328 e. The molecule has 2 atom stereocenters. The Kier molecular flexibility index (Phi) is 4.78. The van der Waals surface area contributed by atoms with Crippen molar-refractivity contribution in [2.24, 2.45) is 11.7 Å². The van der Waals surface area contributed by atoms with E-state index in [-0.39, 0.29) is 0 Å². The molecule has 56 valence electrons. The average Bonchev–Trinajstić information content (AvgIpc) is 1.82. The Bertz CT molecular complexity index is 59.6. The molecule has 0 spiro atoms. The summed E-state index contributed by atoms with van der Waals surface area (Å²) in [5.41, 5.74) is 5.68. The van der Waals surface area contributed by atoms with Gasteiger partial charge in [-0.15, -0.1) is 0 Å². The zero-order chi connectivity index (χ0) is 7.28. The van der Waals surface area contributed by atoms with Gasteiger partial charge in [-0.25, -0.2) is 0 Å². The standard InChI is InChI=1S/C8H19N/c1-4-5-6-7(2)8(3)9/h7-8H,4-6,9H2,1-3H3/t7-,8?/m1/s1. The monoisotopic (exact) mass is 129 g/mol. The zero-order valence-corrected chi connectivity index (χ0v) is 6.85. The molecule has 0 amide bonds. The van der Waals surface area contributed by atoms with Crippen LogP contribution in [0.2, 0.25) is 0 Å². The predicted molar refractivity (Wildman–Crippen MR) is 42.3 cm³/mol. The van der Waals surface area contributed by atoms with Crippen LogP contribution in [0.25, 0.3) is 0 Å². The average molecular weight is 129 g/mol. The van der Waals surface area contributed by atoms with E-state index in [2.05, 4.69) is 20.8 Å². The van der Waals surface area contributed by atoms with Crippen molar-refractivity contribution in [1.29, 1.82) is 0 Å². The van der Waals surface area contributed by atoms with Crippen LogP contribution in [0.4, 0.5) is 0 Å². The number of unbranched alkanes of at least 4 members (excludes halogenated alkanes) is 1. The van der Waals surface area contributed by atoms with Gasteiger partial charge in [-0.2, -0.15) is 0 Å². The second-order valence-electron chi connectivity index (χ2n) is 2.98. The Hall–Kier alpha value is -0.0400. The molecule has 0 aliphatic heterocycles. The van der Waals surface area contributed by atoms with Gasteiger partial charge < -0.3 is 5.73 Å². The van der Waals surface area contributed by atoms with Gasteiger partial charge in [0.2, 0.25) is 0 Å². The molecule has 0 aliphatic rings. The topological polar surface area (TPSA) is 26.0 Å².